The Hall–Kier alpha value is -2.14. The molecule has 1 aromatic heterocycles. The second-order valence-electron chi connectivity index (χ2n) is 8.66. The Morgan fingerprint density at radius 2 is 1.71 bits per heavy atom. The first-order valence-corrected chi connectivity index (χ1v) is 11.0. The van der Waals surface area contributed by atoms with E-state index in [9.17, 15) is 0 Å². The summed E-state index contributed by atoms with van der Waals surface area (Å²) in [6, 6.07) is 9.90. The van der Waals surface area contributed by atoms with Crippen LogP contribution in [0.4, 0.5) is 11.8 Å². The highest BCUT2D eigenvalue weighted by atomic mass is 15.2. The van der Waals surface area contributed by atoms with Crippen LogP contribution in [-0.4, -0.2) is 40.0 Å². The maximum atomic E-state index is 6.13. The summed E-state index contributed by atoms with van der Waals surface area (Å²) in [7, 11) is 0. The number of rotatable bonds is 3. The number of likely N-dealkylation sites (tertiary alicyclic amines) is 1. The van der Waals surface area contributed by atoms with Crippen LogP contribution in [0.5, 0.6) is 0 Å². The van der Waals surface area contributed by atoms with Crippen molar-refractivity contribution < 1.29 is 0 Å². The second kappa shape index (κ2) is 7.70. The zero-order valence-corrected chi connectivity index (χ0v) is 16.7. The van der Waals surface area contributed by atoms with Crippen LogP contribution in [0, 0.1) is 0 Å². The molecule has 0 radical (unpaired) electrons. The minimum Gasteiger partial charge on any atom is -0.368 e. The van der Waals surface area contributed by atoms with Gasteiger partial charge in [-0.25, -0.2) is 4.98 Å². The molecular weight excluding hydrogens is 346 g/mol. The Morgan fingerprint density at radius 3 is 2.54 bits per heavy atom. The topological polar surface area (TPSA) is 67.1 Å². The van der Waals surface area contributed by atoms with Gasteiger partial charge >= 0.3 is 0 Å². The highest BCUT2D eigenvalue weighted by molar-refractivity contribution is 5.73. The summed E-state index contributed by atoms with van der Waals surface area (Å²) in [6.45, 7) is 2.61. The third kappa shape index (κ3) is 3.48. The Morgan fingerprint density at radius 1 is 0.929 bits per heavy atom. The van der Waals surface area contributed by atoms with Crippen LogP contribution in [0.1, 0.15) is 56.1 Å². The van der Waals surface area contributed by atoms with Crippen molar-refractivity contribution in [1.29, 1.82) is 0 Å². The second-order valence-corrected chi connectivity index (χ2v) is 8.66. The largest absolute Gasteiger partial charge is 0.368 e. The number of fused-ring (bicyclic) bond motifs is 3. The smallest absolute Gasteiger partial charge is 0.222 e. The average molecular weight is 378 g/mol. The molecule has 1 aromatic carbocycles. The number of nitrogens with one attached hydrogen (secondary N) is 1. The predicted octanol–water partition coefficient (Wildman–Crippen LogP) is 4.03. The summed E-state index contributed by atoms with van der Waals surface area (Å²) in [5, 5.41) is 3.77. The molecule has 1 saturated carbocycles. The molecule has 148 valence electrons. The van der Waals surface area contributed by atoms with Gasteiger partial charge in [-0.05, 0) is 76.4 Å². The fraction of sp³-hybridized carbons (Fsp3) is 0.565. The molecule has 0 bridgehead atoms. The minimum absolute atomic E-state index is 0.378. The van der Waals surface area contributed by atoms with E-state index in [1.54, 1.807) is 0 Å². The lowest BCUT2D eigenvalue weighted by atomic mass is 9.90. The molecule has 28 heavy (non-hydrogen) atoms. The Bertz CT molecular complexity index is 835. The van der Waals surface area contributed by atoms with E-state index in [0.717, 1.165) is 36.8 Å². The van der Waals surface area contributed by atoms with Gasteiger partial charge in [-0.15, -0.1) is 0 Å². The molecule has 3 N–H and O–H groups in total. The number of anilines is 2. The number of nitrogens with zero attached hydrogens (tertiary/aromatic N) is 3. The normalized spacial score (nSPS) is 25.0. The van der Waals surface area contributed by atoms with Gasteiger partial charge in [0.2, 0.25) is 5.95 Å². The van der Waals surface area contributed by atoms with Crippen molar-refractivity contribution in [1.82, 2.24) is 14.9 Å². The molecule has 3 aliphatic rings. The molecule has 0 amide bonds. The Kier molecular flexibility index (Phi) is 4.93. The summed E-state index contributed by atoms with van der Waals surface area (Å²) in [6.07, 6.45) is 11.0. The number of nitrogens with two attached hydrogens (primary N) is 1. The van der Waals surface area contributed by atoms with E-state index >= 15 is 0 Å². The van der Waals surface area contributed by atoms with Crippen molar-refractivity contribution in [3.63, 3.8) is 0 Å². The number of benzene rings is 1. The van der Waals surface area contributed by atoms with Gasteiger partial charge in [0, 0.05) is 23.2 Å². The first-order chi connectivity index (χ1) is 13.8. The highest BCUT2D eigenvalue weighted by Gasteiger charge is 2.28. The van der Waals surface area contributed by atoms with Gasteiger partial charge in [-0.2, -0.15) is 4.98 Å². The van der Waals surface area contributed by atoms with Crippen LogP contribution in [0.15, 0.2) is 24.3 Å². The van der Waals surface area contributed by atoms with Crippen LogP contribution in [0.25, 0.3) is 11.3 Å². The molecule has 2 heterocycles. The molecule has 2 fully saturated rings. The lowest BCUT2D eigenvalue weighted by Crippen LogP contribution is -2.39. The van der Waals surface area contributed by atoms with Gasteiger partial charge in [0.25, 0.3) is 0 Å². The summed E-state index contributed by atoms with van der Waals surface area (Å²) >= 11 is 0. The van der Waals surface area contributed by atoms with Gasteiger partial charge in [0.05, 0.1) is 5.69 Å². The number of aryl methyl sites for hydroxylation is 1. The zero-order valence-electron chi connectivity index (χ0n) is 16.7. The Labute approximate surface area is 167 Å². The molecule has 0 unspecified atom stereocenters. The molecule has 2 aromatic rings. The van der Waals surface area contributed by atoms with Crippen molar-refractivity contribution in [3.8, 4) is 11.3 Å². The summed E-state index contributed by atoms with van der Waals surface area (Å²) in [5.41, 5.74) is 11.0. The highest BCUT2D eigenvalue weighted by Crippen LogP contribution is 2.36. The third-order valence-electron chi connectivity index (χ3n) is 6.86. The number of hydrogen-bond acceptors (Lipinski definition) is 5. The Balaban J connectivity index is 1.36. The van der Waals surface area contributed by atoms with Crippen LogP contribution >= 0.6 is 0 Å². The maximum absolute atomic E-state index is 6.13. The van der Waals surface area contributed by atoms with Gasteiger partial charge in [-0.3, -0.25) is 0 Å². The summed E-state index contributed by atoms with van der Waals surface area (Å²) < 4.78 is 0. The monoisotopic (exact) mass is 377 g/mol. The maximum Gasteiger partial charge on any atom is 0.222 e. The van der Waals surface area contributed by atoms with Crippen LogP contribution in [0.3, 0.4) is 0 Å². The van der Waals surface area contributed by atoms with Gasteiger partial charge in [0.15, 0.2) is 0 Å². The first-order valence-electron chi connectivity index (χ1n) is 11.0. The first kappa shape index (κ1) is 17.9. The molecule has 5 heteroatoms. The fourth-order valence-electron chi connectivity index (χ4n) is 5.39. The van der Waals surface area contributed by atoms with E-state index < -0.39 is 0 Å². The molecule has 2 aliphatic carbocycles. The number of nitrogen functional groups attached to an aromatic ring is 1. The van der Waals surface area contributed by atoms with Crippen molar-refractivity contribution in [2.75, 3.05) is 24.1 Å². The van der Waals surface area contributed by atoms with E-state index in [4.69, 9.17) is 5.73 Å². The molecule has 1 saturated heterocycles. The zero-order chi connectivity index (χ0) is 18.9. The van der Waals surface area contributed by atoms with E-state index in [1.165, 1.54) is 68.3 Å². The van der Waals surface area contributed by atoms with Gasteiger partial charge in [0.1, 0.15) is 5.82 Å². The van der Waals surface area contributed by atoms with E-state index in [2.05, 4.69) is 44.5 Å². The molecule has 5 rings (SSSR count). The summed E-state index contributed by atoms with van der Waals surface area (Å²) in [4.78, 5) is 12.0. The average Bonchev–Trinajstić information content (AvgIpc) is 3.18. The van der Waals surface area contributed by atoms with Crippen LogP contribution in [0.2, 0.25) is 0 Å². The van der Waals surface area contributed by atoms with Crippen LogP contribution < -0.4 is 11.1 Å². The van der Waals surface area contributed by atoms with Crippen molar-refractivity contribution >= 4 is 11.8 Å². The fourth-order valence-corrected chi connectivity index (χ4v) is 5.39. The van der Waals surface area contributed by atoms with Crippen molar-refractivity contribution in [3.05, 3.63) is 35.4 Å². The molecule has 0 atom stereocenters. The van der Waals surface area contributed by atoms with E-state index in [0.29, 0.717) is 12.0 Å². The standard InChI is InChI=1S/C23H31N5/c24-23-26-21-19-8-2-1-6-16(19)7-5-9-20(21)22(27-23)25-17-10-12-18(13-11-17)28-14-3-4-15-28/h1-2,6,8,17-18H,3-5,7,9-15H2,(H3,24,25,26,27)/t17-,18-. The van der Waals surface area contributed by atoms with E-state index in [-0.39, 0.29) is 0 Å². The van der Waals surface area contributed by atoms with E-state index in [1.807, 2.05) is 0 Å². The van der Waals surface area contributed by atoms with Gasteiger partial charge in [-0.1, -0.05) is 24.3 Å². The molecule has 5 nitrogen and oxygen atoms in total. The quantitative estimate of drug-likeness (QED) is 0.845. The lowest BCUT2D eigenvalue weighted by molar-refractivity contribution is 0.186. The van der Waals surface area contributed by atoms with Gasteiger partial charge < -0.3 is 16.0 Å². The molecule has 0 spiro atoms. The van der Waals surface area contributed by atoms with Crippen molar-refractivity contribution in [2.24, 2.45) is 0 Å². The number of aromatic nitrogens is 2. The SMILES string of the molecule is Nc1nc(N[C@H]2CC[C@H](N3CCCC3)CC2)c2c(n1)-c1ccccc1CCC2. The summed E-state index contributed by atoms with van der Waals surface area (Å²) in [5.74, 6) is 1.35. The third-order valence-corrected chi connectivity index (χ3v) is 6.86. The minimum atomic E-state index is 0.378. The molecular formula is C23H31N5. The predicted molar refractivity (Wildman–Crippen MR) is 114 cm³/mol. The van der Waals surface area contributed by atoms with Crippen molar-refractivity contribution in [2.45, 2.75) is 69.9 Å². The lowest BCUT2D eigenvalue weighted by Gasteiger charge is -2.35. The number of hydrogen-bond donors (Lipinski definition) is 2. The van der Waals surface area contributed by atoms with Crippen LogP contribution in [-0.2, 0) is 12.8 Å². The molecule has 1 aliphatic heterocycles.